The number of carbonyl (C=O) groups excluding carboxylic acids is 1. The third-order valence-corrected chi connectivity index (χ3v) is 12.3. The summed E-state index contributed by atoms with van der Waals surface area (Å²) < 4.78 is 24.0. The highest BCUT2D eigenvalue weighted by Crippen LogP contribution is 2.41. The van der Waals surface area contributed by atoms with Crippen LogP contribution in [0, 0.1) is 5.41 Å². The van der Waals surface area contributed by atoms with Crippen LogP contribution in [0.15, 0.2) is 35.5 Å². The molecule has 0 spiro atoms. The molecule has 0 unspecified atom stereocenters. The van der Waals surface area contributed by atoms with Gasteiger partial charge in [0.05, 0.1) is 30.8 Å². The van der Waals surface area contributed by atoms with Gasteiger partial charge in [0.2, 0.25) is 0 Å². The Labute approximate surface area is 234 Å². The molecule has 1 rings (SSSR count). The van der Waals surface area contributed by atoms with E-state index in [0.717, 1.165) is 18.4 Å². The molecule has 0 bridgehead atoms. The van der Waals surface area contributed by atoms with Crippen molar-refractivity contribution in [3.05, 3.63) is 35.5 Å². The van der Waals surface area contributed by atoms with E-state index in [4.69, 9.17) is 18.6 Å². The molecule has 0 aromatic heterocycles. The fourth-order valence-electron chi connectivity index (χ4n) is 4.17. The largest absolute Gasteiger partial charge is 0.465 e. The van der Waals surface area contributed by atoms with Crippen molar-refractivity contribution in [2.24, 2.45) is 5.41 Å². The molecule has 0 aromatic rings. The molecule has 0 aliphatic carbocycles. The van der Waals surface area contributed by atoms with Crippen LogP contribution in [-0.2, 0) is 23.4 Å². The summed E-state index contributed by atoms with van der Waals surface area (Å²) in [5.74, 6) is -1.10. The Bertz CT molecular complexity index is 836. The van der Waals surface area contributed by atoms with Gasteiger partial charge in [-0.2, -0.15) is 0 Å². The Morgan fingerprint density at radius 3 is 2.34 bits per heavy atom. The Morgan fingerprint density at radius 1 is 1.11 bits per heavy atom. The molecule has 1 N–H and O–H groups in total. The standard InChI is InChI=1S/C31H56O6Si/c1-12-34-28(33)31(9,27-22-26(19-21-32)36-30(7,8)37-27)20-18-24(2)16-14-13-15-17-25(3)23-35-38(10,11)29(4,5)6/h14,16-18,26-27,32H,12-13,15,19-23H2,1-11H3/b16-14+,24-18+,25-17+/t26-,27-,31-/m1/s1. The summed E-state index contributed by atoms with van der Waals surface area (Å²) in [4.78, 5) is 13.1. The molecule has 0 amide bonds. The number of rotatable bonds is 14. The van der Waals surface area contributed by atoms with E-state index < -0.39 is 19.5 Å². The first-order valence-electron chi connectivity index (χ1n) is 14.2. The van der Waals surface area contributed by atoms with Crippen molar-refractivity contribution >= 4 is 14.3 Å². The number of hydrogen-bond donors (Lipinski definition) is 1. The lowest BCUT2D eigenvalue weighted by atomic mass is 9.77. The van der Waals surface area contributed by atoms with Gasteiger partial charge < -0.3 is 23.7 Å². The van der Waals surface area contributed by atoms with Crippen molar-refractivity contribution in [2.75, 3.05) is 19.8 Å². The van der Waals surface area contributed by atoms with Crippen molar-refractivity contribution in [3.63, 3.8) is 0 Å². The van der Waals surface area contributed by atoms with Crippen molar-refractivity contribution in [1.29, 1.82) is 0 Å². The molecular formula is C31H56O6Si. The van der Waals surface area contributed by atoms with Crippen LogP contribution in [0.25, 0.3) is 0 Å². The minimum Gasteiger partial charge on any atom is -0.465 e. The number of carbonyl (C=O) groups is 1. The predicted octanol–water partition coefficient (Wildman–Crippen LogP) is 7.49. The Kier molecular flexibility index (Phi) is 13.7. The first kappa shape index (κ1) is 34.8. The third kappa shape index (κ3) is 11.1. The number of unbranched alkanes of at least 4 members (excludes halogenated alkanes) is 1. The lowest BCUT2D eigenvalue weighted by Crippen LogP contribution is -2.53. The maximum atomic E-state index is 13.1. The minimum absolute atomic E-state index is 0.0335. The molecule has 0 aromatic carbocycles. The molecule has 1 aliphatic heterocycles. The first-order valence-corrected chi connectivity index (χ1v) is 17.1. The topological polar surface area (TPSA) is 74.2 Å². The Morgan fingerprint density at radius 2 is 1.76 bits per heavy atom. The van der Waals surface area contributed by atoms with E-state index in [1.807, 2.05) is 27.7 Å². The molecular weight excluding hydrogens is 496 g/mol. The number of aliphatic hydroxyl groups is 1. The van der Waals surface area contributed by atoms with Gasteiger partial charge in [-0.15, -0.1) is 0 Å². The van der Waals surface area contributed by atoms with Crippen LogP contribution in [0.4, 0.5) is 0 Å². The van der Waals surface area contributed by atoms with Gasteiger partial charge in [0.25, 0.3) is 0 Å². The highest BCUT2D eigenvalue weighted by atomic mass is 28.4. The molecule has 220 valence electrons. The fraction of sp³-hybridized carbons (Fsp3) is 0.774. The van der Waals surface area contributed by atoms with Crippen LogP contribution < -0.4 is 0 Å². The number of aliphatic hydroxyl groups excluding tert-OH is 1. The van der Waals surface area contributed by atoms with Crippen LogP contribution >= 0.6 is 0 Å². The van der Waals surface area contributed by atoms with Gasteiger partial charge in [0.1, 0.15) is 0 Å². The quantitative estimate of drug-likeness (QED) is 0.0791. The molecule has 1 heterocycles. The van der Waals surface area contributed by atoms with Gasteiger partial charge in [-0.3, -0.25) is 4.79 Å². The number of allylic oxidation sites excluding steroid dienone is 5. The molecule has 1 aliphatic rings. The normalized spacial score (nSPS) is 22.9. The van der Waals surface area contributed by atoms with Crippen LogP contribution in [0.1, 0.15) is 94.4 Å². The summed E-state index contributed by atoms with van der Waals surface area (Å²) in [6.45, 7) is 24.1. The SMILES string of the molecule is CCOC(=O)[C@](C)(C/C=C(C)/C=C/CC/C=C(\C)CO[Si](C)(C)C(C)(C)C)[C@H]1C[C@@H](CCO)OC(C)(C)O1. The van der Waals surface area contributed by atoms with Gasteiger partial charge in [-0.25, -0.2) is 0 Å². The van der Waals surface area contributed by atoms with E-state index in [0.29, 0.717) is 32.5 Å². The molecule has 1 saturated heterocycles. The van der Waals surface area contributed by atoms with E-state index in [2.05, 4.69) is 72.0 Å². The van der Waals surface area contributed by atoms with Gasteiger partial charge in [0.15, 0.2) is 14.1 Å². The summed E-state index contributed by atoms with van der Waals surface area (Å²) >= 11 is 0. The molecule has 1 fully saturated rings. The number of esters is 1. The van der Waals surface area contributed by atoms with Gasteiger partial charge >= 0.3 is 5.97 Å². The lowest BCUT2D eigenvalue weighted by molar-refractivity contribution is -0.317. The number of ether oxygens (including phenoxy) is 3. The van der Waals surface area contributed by atoms with Gasteiger partial charge in [-0.1, -0.05) is 56.2 Å². The molecule has 38 heavy (non-hydrogen) atoms. The van der Waals surface area contributed by atoms with Crippen molar-refractivity contribution in [2.45, 2.75) is 131 Å². The average molecular weight is 553 g/mol. The Hall–Kier alpha value is -1.25. The van der Waals surface area contributed by atoms with Gasteiger partial charge in [0, 0.05) is 13.0 Å². The maximum Gasteiger partial charge on any atom is 0.314 e. The lowest BCUT2D eigenvalue weighted by Gasteiger charge is -2.46. The summed E-state index contributed by atoms with van der Waals surface area (Å²) in [6, 6.07) is 0. The fourth-order valence-corrected chi connectivity index (χ4v) is 5.19. The zero-order valence-corrected chi connectivity index (χ0v) is 27.1. The Balaban J connectivity index is 2.80. The highest BCUT2D eigenvalue weighted by Gasteiger charge is 2.49. The van der Waals surface area contributed by atoms with Gasteiger partial charge in [-0.05, 0) is 85.4 Å². The smallest absolute Gasteiger partial charge is 0.314 e. The molecule has 3 atom stereocenters. The van der Waals surface area contributed by atoms with Crippen molar-refractivity contribution in [1.82, 2.24) is 0 Å². The first-order chi connectivity index (χ1) is 17.5. The average Bonchev–Trinajstić information content (AvgIpc) is 2.79. The highest BCUT2D eigenvalue weighted by molar-refractivity contribution is 6.74. The zero-order valence-electron chi connectivity index (χ0n) is 26.1. The second kappa shape index (κ2) is 14.9. The monoisotopic (exact) mass is 552 g/mol. The predicted molar refractivity (Wildman–Crippen MR) is 159 cm³/mol. The van der Waals surface area contributed by atoms with E-state index >= 15 is 0 Å². The van der Waals surface area contributed by atoms with E-state index in [9.17, 15) is 9.90 Å². The van der Waals surface area contributed by atoms with Crippen LogP contribution in [0.3, 0.4) is 0 Å². The van der Waals surface area contributed by atoms with E-state index in [1.54, 1.807) is 0 Å². The van der Waals surface area contributed by atoms with E-state index in [-0.39, 0.29) is 29.8 Å². The third-order valence-electron chi connectivity index (χ3n) is 7.78. The maximum absolute atomic E-state index is 13.1. The van der Waals surface area contributed by atoms with Crippen LogP contribution in [0.2, 0.25) is 18.1 Å². The van der Waals surface area contributed by atoms with Crippen molar-refractivity contribution < 1.29 is 28.5 Å². The molecule has 0 saturated carbocycles. The summed E-state index contributed by atoms with van der Waals surface area (Å²) in [5.41, 5.74) is 1.52. The minimum atomic E-state index is -1.73. The summed E-state index contributed by atoms with van der Waals surface area (Å²) in [7, 11) is -1.73. The zero-order chi connectivity index (χ0) is 29.2. The molecule has 0 radical (unpaired) electrons. The molecule has 6 nitrogen and oxygen atoms in total. The van der Waals surface area contributed by atoms with Crippen LogP contribution in [-0.4, -0.2) is 57.2 Å². The van der Waals surface area contributed by atoms with Crippen molar-refractivity contribution in [3.8, 4) is 0 Å². The second-order valence-corrected chi connectivity index (χ2v) is 17.7. The van der Waals surface area contributed by atoms with E-state index in [1.165, 1.54) is 5.57 Å². The summed E-state index contributed by atoms with van der Waals surface area (Å²) in [6.07, 6.45) is 11.6. The molecule has 7 heteroatoms. The van der Waals surface area contributed by atoms with Crippen LogP contribution in [0.5, 0.6) is 0 Å². The second-order valence-electron chi connectivity index (χ2n) is 12.9. The number of hydrogen-bond acceptors (Lipinski definition) is 6. The summed E-state index contributed by atoms with van der Waals surface area (Å²) in [5, 5.41) is 9.67.